The molecule has 2 amide bonds. The summed E-state index contributed by atoms with van der Waals surface area (Å²) in [6.45, 7) is 5.22. The molecule has 2 fully saturated rings. The van der Waals surface area contributed by atoms with Gasteiger partial charge >= 0.3 is 0 Å². The summed E-state index contributed by atoms with van der Waals surface area (Å²) in [6, 6.07) is 6.10. The second-order valence-electron chi connectivity index (χ2n) is 10.5. The van der Waals surface area contributed by atoms with Crippen LogP contribution in [-0.2, 0) is 4.79 Å². The molecule has 1 saturated carbocycles. The molecule has 1 aliphatic heterocycles. The molecule has 1 aromatic carbocycles. The summed E-state index contributed by atoms with van der Waals surface area (Å²) in [6.07, 6.45) is 7.84. The van der Waals surface area contributed by atoms with Crippen LogP contribution in [0.1, 0.15) is 54.9 Å². The Balaban J connectivity index is 1.44. The number of rotatable bonds is 4. The molecule has 9 heteroatoms. The number of hydrogen-bond donors (Lipinski definition) is 2. The summed E-state index contributed by atoms with van der Waals surface area (Å²) >= 11 is 0. The lowest BCUT2D eigenvalue weighted by atomic mass is 9.76. The predicted octanol–water partition coefficient (Wildman–Crippen LogP) is 3.92. The third-order valence-corrected chi connectivity index (χ3v) is 7.76. The van der Waals surface area contributed by atoms with E-state index in [1.807, 2.05) is 17.9 Å². The number of nitrogens with one attached hydrogen (secondary N) is 1. The van der Waals surface area contributed by atoms with Crippen molar-refractivity contribution >= 4 is 34.1 Å². The standard InChI is InChI=1S/C28H33FN6O2/c1-16-10-18(12-19(30)11-16)21-6-7-31-15-25(21)33-27(36)22-4-5-24(29)23-13-20(14-32-26(22)23)35-9-8-34(3)28(37)17(35)2/h4-7,13-19H,8-12,30H2,1-3H3,(H,33,36)/t16-,17?,18+,19-/m0/s1. The first-order chi connectivity index (χ1) is 17.7. The lowest BCUT2D eigenvalue weighted by molar-refractivity contribution is -0.132. The van der Waals surface area contributed by atoms with Crippen LogP contribution in [0.4, 0.5) is 15.8 Å². The van der Waals surface area contributed by atoms with Gasteiger partial charge in [0.25, 0.3) is 5.91 Å². The molecule has 0 bridgehead atoms. The Hall–Kier alpha value is -3.59. The van der Waals surface area contributed by atoms with Crippen molar-refractivity contribution in [1.29, 1.82) is 0 Å². The zero-order valence-corrected chi connectivity index (χ0v) is 21.4. The van der Waals surface area contributed by atoms with E-state index in [0.29, 0.717) is 30.4 Å². The van der Waals surface area contributed by atoms with Crippen LogP contribution in [0.5, 0.6) is 0 Å². The number of pyridine rings is 2. The Bertz CT molecular complexity index is 1340. The van der Waals surface area contributed by atoms with Gasteiger partial charge in [0.2, 0.25) is 5.91 Å². The molecule has 0 radical (unpaired) electrons. The number of fused-ring (bicyclic) bond motifs is 1. The number of halogens is 1. The van der Waals surface area contributed by atoms with E-state index in [1.165, 1.54) is 12.1 Å². The van der Waals surface area contributed by atoms with E-state index in [0.717, 1.165) is 24.8 Å². The van der Waals surface area contributed by atoms with Crippen molar-refractivity contribution in [2.24, 2.45) is 11.7 Å². The van der Waals surface area contributed by atoms with Gasteiger partial charge in [-0.05, 0) is 67.9 Å². The second-order valence-corrected chi connectivity index (χ2v) is 10.5. The number of hydrogen-bond acceptors (Lipinski definition) is 6. The Kier molecular flexibility index (Phi) is 6.81. The molecular weight excluding hydrogens is 471 g/mol. The highest BCUT2D eigenvalue weighted by atomic mass is 19.1. The molecule has 4 atom stereocenters. The summed E-state index contributed by atoms with van der Waals surface area (Å²) in [4.78, 5) is 38.2. The zero-order chi connectivity index (χ0) is 26.3. The van der Waals surface area contributed by atoms with Crippen LogP contribution in [-0.4, -0.2) is 58.9 Å². The van der Waals surface area contributed by atoms with Crippen LogP contribution in [0, 0.1) is 11.7 Å². The highest BCUT2D eigenvalue weighted by Crippen LogP contribution is 2.38. The Morgan fingerprint density at radius 1 is 1.14 bits per heavy atom. The number of carbonyl (C=O) groups is 2. The van der Waals surface area contributed by atoms with Gasteiger partial charge in [0.15, 0.2) is 0 Å². The number of nitrogens with two attached hydrogens (primary N) is 1. The third-order valence-electron chi connectivity index (χ3n) is 7.76. The lowest BCUT2D eigenvalue weighted by Crippen LogP contribution is -2.54. The minimum atomic E-state index is -0.471. The molecule has 3 aromatic rings. The smallest absolute Gasteiger partial charge is 0.257 e. The quantitative estimate of drug-likeness (QED) is 0.558. The van der Waals surface area contributed by atoms with Crippen LogP contribution in [0.15, 0.2) is 42.9 Å². The van der Waals surface area contributed by atoms with Gasteiger partial charge in [-0.15, -0.1) is 0 Å². The molecule has 1 aliphatic carbocycles. The molecular formula is C28H33FN6O2. The van der Waals surface area contributed by atoms with Crippen LogP contribution < -0.4 is 16.0 Å². The lowest BCUT2D eigenvalue weighted by Gasteiger charge is -2.38. The average molecular weight is 505 g/mol. The molecule has 2 aliphatic rings. The summed E-state index contributed by atoms with van der Waals surface area (Å²) < 4.78 is 14.9. The van der Waals surface area contributed by atoms with E-state index in [9.17, 15) is 14.0 Å². The van der Waals surface area contributed by atoms with E-state index >= 15 is 0 Å². The van der Waals surface area contributed by atoms with Crippen LogP contribution >= 0.6 is 0 Å². The first-order valence-electron chi connectivity index (χ1n) is 12.8. The van der Waals surface area contributed by atoms with Gasteiger partial charge in [-0.2, -0.15) is 0 Å². The number of benzene rings is 1. The average Bonchev–Trinajstić information content (AvgIpc) is 2.87. The van der Waals surface area contributed by atoms with E-state index in [1.54, 1.807) is 36.6 Å². The van der Waals surface area contributed by atoms with Crippen molar-refractivity contribution in [3.8, 4) is 0 Å². The molecule has 0 spiro atoms. The maximum absolute atomic E-state index is 14.9. The molecule has 2 aromatic heterocycles. The Labute approximate surface area is 216 Å². The largest absolute Gasteiger partial charge is 0.357 e. The van der Waals surface area contributed by atoms with Crippen LogP contribution in [0.2, 0.25) is 0 Å². The van der Waals surface area contributed by atoms with Crippen molar-refractivity contribution in [3.63, 3.8) is 0 Å². The van der Waals surface area contributed by atoms with Gasteiger partial charge in [-0.3, -0.25) is 19.6 Å². The van der Waals surface area contributed by atoms with Gasteiger partial charge in [0.05, 0.1) is 34.8 Å². The number of carbonyl (C=O) groups excluding carboxylic acids is 2. The fourth-order valence-electron chi connectivity index (χ4n) is 5.85. The monoisotopic (exact) mass is 504 g/mol. The summed E-state index contributed by atoms with van der Waals surface area (Å²) in [5, 5.41) is 3.23. The number of amides is 2. The van der Waals surface area contributed by atoms with Gasteiger partial charge in [0.1, 0.15) is 11.9 Å². The second kappa shape index (κ2) is 10.0. The van der Waals surface area contributed by atoms with Crippen molar-refractivity contribution in [2.45, 2.75) is 51.1 Å². The summed E-state index contributed by atoms with van der Waals surface area (Å²) in [5.74, 6) is -0.114. The van der Waals surface area contributed by atoms with E-state index in [4.69, 9.17) is 5.73 Å². The first kappa shape index (κ1) is 25.1. The number of nitrogens with zero attached hydrogens (tertiary/aromatic N) is 4. The van der Waals surface area contributed by atoms with Gasteiger partial charge in [-0.1, -0.05) is 6.92 Å². The van der Waals surface area contributed by atoms with Crippen molar-refractivity contribution in [1.82, 2.24) is 14.9 Å². The molecule has 194 valence electrons. The minimum Gasteiger partial charge on any atom is -0.357 e. The molecule has 37 heavy (non-hydrogen) atoms. The minimum absolute atomic E-state index is 0.000498. The topological polar surface area (TPSA) is 104 Å². The molecule has 8 nitrogen and oxygen atoms in total. The fraction of sp³-hybridized carbons (Fsp3) is 0.429. The van der Waals surface area contributed by atoms with Crippen molar-refractivity contribution in [2.75, 3.05) is 30.4 Å². The first-order valence-corrected chi connectivity index (χ1v) is 12.8. The number of aromatic nitrogens is 2. The third kappa shape index (κ3) is 4.87. The Morgan fingerprint density at radius 2 is 1.95 bits per heavy atom. The molecule has 1 unspecified atom stereocenters. The van der Waals surface area contributed by atoms with Gasteiger partial charge in [-0.25, -0.2) is 4.39 Å². The molecule has 5 rings (SSSR count). The van der Waals surface area contributed by atoms with E-state index < -0.39 is 5.82 Å². The molecule has 1 saturated heterocycles. The van der Waals surface area contributed by atoms with E-state index in [2.05, 4.69) is 22.2 Å². The maximum atomic E-state index is 14.9. The van der Waals surface area contributed by atoms with Gasteiger partial charge < -0.3 is 20.9 Å². The fourth-order valence-corrected chi connectivity index (χ4v) is 5.85. The summed E-state index contributed by atoms with van der Waals surface area (Å²) in [7, 11) is 1.77. The SMILES string of the molecule is CC1C(=O)N(C)CCN1c1cnc2c(C(=O)Nc3cnccc3[C@@H]3C[C@H](C)C[C@H](N)C3)ccc(F)c2c1. The van der Waals surface area contributed by atoms with Crippen molar-refractivity contribution < 1.29 is 14.0 Å². The van der Waals surface area contributed by atoms with Crippen LogP contribution in [0.25, 0.3) is 10.9 Å². The van der Waals surface area contributed by atoms with Crippen LogP contribution in [0.3, 0.4) is 0 Å². The summed E-state index contributed by atoms with van der Waals surface area (Å²) in [5.41, 5.74) is 9.13. The zero-order valence-electron chi connectivity index (χ0n) is 21.4. The highest BCUT2D eigenvalue weighted by molar-refractivity contribution is 6.12. The van der Waals surface area contributed by atoms with E-state index in [-0.39, 0.29) is 46.3 Å². The number of piperazine rings is 1. The predicted molar refractivity (Wildman–Crippen MR) is 142 cm³/mol. The molecule has 3 N–H and O–H groups in total. The maximum Gasteiger partial charge on any atom is 0.257 e. The number of anilines is 2. The van der Waals surface area contributed by atoms with Crippen molar-refractivity contribution in [3.05, 3.63) is 59.8 Å². The van der Waals surface area contributed by atoms with Gasteiger partial charge in [0, 0.05) is 37.8 Å². The number of likely N-dealkylation sites (N-methyl/N-ethyl adjacent to an activating group) is 1. The Morgan fingerprint density at radius 3 is 2.73 bits per heavy atom. The normalized spacial score (nSPS) is 24.4. The highest BCUT2D eigenvalue weighted by Gasteiger charge is 2.31. The molecule has 3 heterocycles.